The molecule has 11 nitrogen and oxygen atoms in total. The van der Waals surface area contributed by atoms with Crippen molar-refractivity contribution >= 4 is 51.7 Å². The zero-order chi connectivity index (χ0) is 25.4. The standard InChI is InChI=1S/C23H20N2O9S2/c1-11(26)33-15-3-5-31-9-13-7-22-20(29)25-18-14(10-32-6-4-16(18)34-12(2)27)8-23(25,36-21(30)35-22)19(28)24(22)17(13)15/h3-6,9-10,15-18H,7-8H2,1-2H3/t15?,16?,17?,18?,22-,23-/m1/s1. The molecule has 7 aliphatic heterocycles. The monoisotopic (exact) mass is 532 g/mol. The van der Waals surface area contributed by atoms with Gasteiger partial charge in [0.25, 0.3) is 16.3 Å². The van der Waals surface area contributed by atoms with Gasteiger partial charge in [0.15, 0.2) is 9.74 Å². The third-order valence-electron chi connectivity index (χ3n) is 6.95. The van der Waals surface area contributed by atoms with Gasteiger partial charge in [0.1, 0.15) is 12.2 Å². The van der Waals surface area contributed by atoms with Gasteiger partial charge in [-0.05, 0) is 46.8 Å². The number of carbonyl (C=O) groups is 5. The molecule has 0 aliphatic carbocycles. The molecule has 6 atom stereocenters. The molecule has 0 N–H and O–H groups in total. The summed E-state index contributed by atoms with van der Waals surface area (Å²) in [6.07, 6.45) is 6.77. The Morgan fingerprint density at radius 2 is 1.25 bits per heavy atom. The summed E-state index contributed by atoms with van der Waals surface area (Å²) in [5.74, 6) is -2.06. The summed E-state index contributed by atoms with van der Waals surface area (Å²) in [6.45, 7) is 2.51. The fourth-order valence-corrected chi connectivity index (χ4v) is 8.81. The van der Waals surface area contributed by atoms with Crippen molar-refractivity contribution in [3.63, 3.8) is 0 Å². The molecule has 2 spiro atoms. The van der Waals surface area contributed by atoms with Crippen LogP contribution in [0, 0.1) is 0 Å². The van der Waals surface area contributed by atoms with Gasteiger partial charge in [0.2, 0.25) is 0 Å². The van der Waals surface area contributed by atoms with Crippen molar-refractivity contribution in [2.75, 3.05) is 0 Å². The lowest BCUT2D eigenvalue weighted by molar-refractivity contribution is -0.171. The maximum absolute atomic E-state index is 14.5. The third kappa shape index (κ3) is 3.05. The molecular formula is C23H20N2O9S2. The first-order chi connectivity index (χ1) is 17.2. The quantitative estimate of drug-likeness (QED) is 0.484. The van der Waals surface area contributed by atoms with Crippen molar-refractivity contribution in [2.24, 2.45) is 0 Å². The number of rotatable bonds is 2. The minimum absolute atomic E-state index is 0.00156. The lowest BCUT2D eigenvalue weighted by atomic mass is 10.0. The highest BCUT2D eigenvalue weighted by molar-refractivity contribution is 8.40. The molecule has 4 unspecified atom stereocenters. The van der Waals surface area contributed by atoms with Crippen LogP contribution in [-0.2, 0) is 38.1 Å². The highest BCUT2D eigenvalue weighted by Gasteiger charge is 2.76. The first-order valence-corrected chi connectivity index (χ1v) is 12.8. The Bertz CT molecular complexity index is 1150. The van der Waals surface area contributed by atoms with E-state index in [1.54, 1.807) is 0 Å². The average molecular weight is 533 g/mol. The first kappa shape index (κ1) is 23.2. The van der Waals surface area contributed by atoms with E-state index in [0.717, 1.165) is 23.5 Å². The van der Waals surface area contributed by atoms with Crippen LogP contribution in [-0.4, -0.2) is 72.0 Å². The lowest BCUT2D eigenvalue weighted by Gasteiger charge is -2.51. The zero-order valence-electron chi connectivity index (χ0n) is 19.1. The van der Waals surface area contributed by atoms with Crippen LogP contribution in [0.5, 0.6) is 0 Å². The van der Waals surface area contributed by atoms with E-state index in [2.05, 4.69) is 0 Å². The summed E-state index contributed by atoms with van der Waals surface area (Å²) in [5, 5.41) is 0. The van der Waals surface area contributed by atoms with Gasteiger partial charge in [0, 0.05) is 26.7 Å². The number of piperazine rings is 1. The zero-order valence-corrected chi connectivity index (χ0v) is 20.7. The molecule has 2 amide bonds. The second-order valence-corrected chi connectivity index (χ2v) is 11.8. The second-order valence-electron chi connectivity index (χ2n) is 9.08. The van der Waals surface area contributed by atoms with Crippen molar-refractivity contribution in [3.8, 4) is 0 Å². The van der Waals surface area contributed by atoms with Crippen molar-refractivity contribution in [1.82, 2.24) is 9.80 Å². The van der Waals surface area contributed by atoms with E-state index >= 15 is 0 Å². The maximum atomic E-state index is 14.5. The molecule has 7 heterocycles. The maximum Gasteiger partial charge on any atom is 0.303 e. The number of fused-ring (bicyclic) bond motifs is 4. The Hall–Kier alpha value is -3.19. The Morgan fingerprint density at radius 3 is 1.64 bits per heavy atom. The van der Waals surface area contributed by atoms with E-state index in [1.807, 2.05) is 0 Å². The fraction of sp³-hybridized carbons (Fsp3) is 0.435. The summed E-state index contributed by atoms with van der Waals surface area (Å²) in [4.78, 5) is 65.5. The molecule has 2 bridgehead atoms. The van der Waals surface area contributed by atoms with Gasteiger partial charge in [-0.2, -0.15) is 0 Å². The normalized spacial score (nSPS) is 37.8. The van der Waals surface area contributed by atoms with Gasteiger partial charge >= 0.3 is 11.9 Å². The number of thioether (sulfide) groups is 2. The molecule has 0 aromatic carbocycles. The number of hydrogen-bond acceptors (Lipinski definition) is 11. The van der Waals surface area contributed by atoms with Crippen molar-refractivity contribution in [1.29, 1.82) is 0 Å². The van der Waals surface area contributed by atoms with Gasteiger partial charge in [-0.25, -0.2) is 0 Å². The van der Waals surface area contributed by atoms with E-state index in [-0.39, 0.29) is 12.8 Å². The molecule has 5 fully saturated rings. The Labute approximate surface area is 213 Å². The first-order valence-electron chi connectivity index (χ1n) is 11.1. The lowest BCUT2D eigenvalue weighted by Crippen LogP contribution is -2.73. The fourth-order valence-electron chi connectivity index (χ4n) is 5.82. The predicted molar refractivity (Wildman–Crippen MR) is 124 cm³/mol. The molecule has 36 heavy (non-hydrogen) atoms. The third-order valence-corrected chi connectivity index (χ3v) is 9.49. The highest BCUT2D eigenvalue weighted by Crippen LogP contribution is 2.64. The molecule has 0 saturated carbocycles. The second kappa shape index (κ2) is 7.90. The molecule has 13 heteroatoms. The van der Waals surface area contributed by atoms with Gasteiger partial charge < -0.3 is 28.7 Å². The van der Waals surface area contributed by atoms with Gasteiger partial charge in [-0.1, -0.05) is 0 Å². The number of hydrogen-bond donors (Lipinski definition) is 0. The van der Waals surface area contributed by atoms with E-state index in [1.165, 1.54) is 60.8 Å². The van der Waals surface area contributed by atoms with Crippen molar-refractivity contribution in [2.45, 2.75) is 60.7 Å². The van der Waals surface area contributed by atoms with Crippen LogP contribution >= 0.6 is 23.5 Å². The molecule has 0 aromatic heterocycles. The van der Waals surface area contributed by atoms with E-state index in [0.29, 0.717) is 11.1 Å². The Kier molecular flexibility index (Phi) is 5.10. The van der Waals surface area contributed by atoms with Crippen LogP contribution in [0.1, 0.15) is 26.7 Å². The molecule has 188 valence electrons. The molecular weight excluding hydrogens is 512 g/mol. The average Bonchev–Trinajstić information content (AvgIpc) is 3.06. The summed E-state index contributed by atoms with van der Waals surface area (Å²) in [5.41, 5.74) is 1.10. The molecule has 0 aromatic rings. The van der Waals surface area contributed by atoms with E-state index < -0.39 is 62.2 Å². The van der Waals surface area contributed by atoms with E-state index in [4.69, 9.17) is 18.9 Å². The summed E-state index contributed by atoms with van der Waals surface area (Å²) in [7, 11) is 0. The number of esters is 2. The van der Waals surface area contributed by atoms with Crippen molar-refractivity contribution < 1.29 is 42.9 Å². The summed E-state index contributed by atoms with van der Waals surface area (Å²) in [6, 6.07) is -1.66. The van der Waals surface area contributed by atoms with Gasteiger partial charge in [-0.15, -0.1) is 0 Å². The smallest absolute Gasteiger partial charge is 0.303 e. The molecule has 5 saturated heterocycles. The number of carbonyl (C=O) groups excluding carboxylic acids is 5. The summed E-state index contributed by atoms with van der Waals surface area (Å²) < 4.78 is 21.5. The predicted octanol–water partition coefficient (Wildman–Crippen LogP) is 1.91. The van der Waals surface area contributed by atoms with Gasteiger partial charge in [-0.3, -0.25) is 24.0 Å². The molecule has 7 aliphatic rings. The van der Waals surface area contributed by atoms with Crippen LogP contribution < -0.4 is 0 Å². The van der Waals surface area contributed by atoms with Crippen LogP contribution in [0.3, 0.4) is 0 Å². The molecule has 0 radical (unpaired) electrons. The Balaban J connectivity index is 1.52. The number of ether oxygens (including phenoxy) is 4. The van der Waals surface area contributed by atoms with Gasteiger partial charge in [0.05, 0.1) is 37.1 Å². The Morgan fingerprint density at radius 1 is 0.833 bits per heavy atom. The number of amides is 2. The largest absolute Gasteiger partial charge is 0.473 e. The van der Waals surface area contributed by atoms with Crippen molar-refractivity contribution in [3.05, 3.63) is 48.3 Å². The van der Waals surface area contributed by atoms with Crippen LogP contribution in [0.15, 0.2) is 48.3 Å². The van der Waals surface area contributed by atoms with Crippen LogP contribution in [0.2, 0.25) is 0 Å². The minimum atomic E-state index is -1.61. The van der Waals surface area contributed by atoms with E-state index in [9.17, 15) is 24.0 Å². The minimum Gasteiger partial charge on any atom is -0.473 e. The number of nitrogens with zero attached hydrogens (tertiary/aromatic N) is 2. The SMILES string of the molecule is CC(=O)OC1C=COC=C2C[C@@]34SC(=O)S[C@]5(CC6=COC=CC(OC(C)=O)C6N5C3=O)C(=O)N4C21. The molecule has 7 rings (SSSR count). The van der Waals surface area contributed by atoms with Crippen LogP contribution in [0.4, 0.5) is 4.79 Å². The summed E-state index contributed by atoms with van der Waals surface area (Å²) >= 11 is 1.57. The van der Waals surface area contributed by atoms with Crippen LogP contribution in [0.25, 0.3) is 0 Å². The highest BCUT2D eigenvalue weighted by atomic mass is 32.2. The topological polar surface area (TPSA) is 129 Å².